The molecule has 1 heterocycles. The molecule has 0 atom stereocenters. The average molecular weight is 273 g/mol. The van der Waals surface area contributed by atoms with Crippen molar-refractivity contribution in [2.45, 2.75) is 19.4 Å². The van der Waals surface area contributed by atoms with Crippen LogP contribution in [0.2, 0.25) is 0 Å². The molecule has 1 aromatic carbocycles. The van der Waals surface area contributed by atoms with E-state index in [4.69, 9.17) is 9.84 Å². The van der Waals surface area contributed by atoms with Crippen LogP contribution < -0.4 is 5.32 Å². The number of hydrogen-bond donors (Lipinski definition) is 2. The molecule has 0 aromatic heterocycles. The number of carbonyl (C=O) groups is 1. The number of nitrogens with one attached hydrogen (secondary N) is 1. The van der Waals surface area contributed by atoms with E-state index in [0.717, 1.165) is 24.0 Å². The Morgan fingerprint density at radius 2 is 2.20 bits per heavy atom. The van der Waals surface area contributed by atoms with Crippen molar-refractivity contribution in [1.29, 1.82) is 0 Å². The maximum Gasteiger partial charge on any atom is 0.223 e. The zero-order valence-electron chi connectivity index (χ0n) is 11.4. The van der Waals surface area contributed by atoms with Gasteiger partial charge < -0.3 is 15.2 Å². The number of amides is 1. The zero-order valence-corrected chi connectivity index (χ0v) is 11.4. The van der Waals surface area contributed by atoms with E-state index in [0.29, 0.717) is 19.8 Å². The lowest BCUT2D eigenvalue weighted by molar-refractivity contribution is -0.128. The molecule has 1 aromatic rings. The highest BCUT2D eigenvalue weighted by Crippen LogP contribution is 2.14. The van der Waals surface area contributed by atoms with Crippen LogP contribution in [0.3, 0.4) is 0 Å². The molecule has 2 rings (SSSR count). The van der Waals surface area contributed by atoms with Crippen molar-refractivity contribution < 1.29 is 14.6 Å². The van der Waals surface area contributed by atoms with Gasteiger partial charge in [-0.3, -0.25) is 4.79 Å². The predicted molar refractivity (Wildman–Crippen MR) is 75.8 cm³/mol. The third-order valence-corrected chi connectivity index (χ3v) is 3.30. The Balaban J connectivity index is 1.88. The fourth-order valence-electron chi connectivity index (χ4n) is 2.19. The summed E-state index contributed by atoms with van der Waals surface area (Å²) in [5, 5.41) is 11.6. The van der Waals surface area contributed by atoms with E-state index in [-0.39, 0.29) is 18.4 Å². The minimum absolute atomic E-state index is 0.0705. The molecule has 0 unspecified atom stereocenters. The van der Waals surface area contributed by atoms with Gasteiger partial charge >= 0.3 is 0 Å². The lowest BCUT2D eigenvalue weighted by Gasteiger charge is -2.21. The number of carbonyl (C=O) groups excluding carboxylic acids is 1. The van der Waals surface area contributed by atoms with E-state index in [1.165, 1.54) is 0 Å². The first-order valence-corrected chi connectivity index (χ1v) is 6.83. The van der Waals surface area contributed by atoms with Crippen LogP contribution in [0, 0.1) is 17.8 Å². The lowest BCUT2D eigenvalue weighted by atomic mass is 9.99. The molecule has 4 heteroatoms. The lowest BCUT2D eigenvalue weighted by Crippen LogP contribution is -2.33. The molecule has 0 bridgehead atoms. The Morgan fingerprint density at radius 1 is 1.40 bits per heavy atom. The first kappa shape index (κ1) is 14.6. The summed E-state index contributed by atoms with van der Waals surface area (Å²) in [6, 6.07) is 7.66. The number of ether oxygens (including phenoxy) is 1. The maximum absolute atomic E-state index is 12.0. The third kappa shape index (κ3) is 4.37. The Bertz CT molecular complexity index is 510. The topological polar surface area (TPSA) is 58.6 Å². The van der Waals surface area contributed by atoms with Crippen molar-refractivity contribution in [3.63, 3.8) is 0 Å². The molecule has 106 valence electrons. The van der Waals surface area contributed by atoms with Crippen molar-refractivity contribution >= 4 is 5.91 Å². The summed E-state index contributed by atoms with van der Waals surface area (Å²) in [5.41, 5.74) is 1.85. The Labute approximate surface area is 119 Å². The molecule has 0 radical (unpaired) electrons. The van der Waals surface area contributed by atoms with E-state index in [9.17, 15) is 4.79 Å². The van der Waals surface area contributed by atoms with Gasteiger partial charge in [-0.25, -0.2) is 0 Å². The van der Waals surface area contributed by atoms with Crippen molar-refractivity contribution in [3.8, 4) is 11.8 Å². The minimum Gasteiger partial charge on any atom is -0.384 e. The summed E-state index contributed by atoms with van der Waals surface area (Å²) in [5.74, 6) is 5.64. The second-order valence-corrected chi connectivity index (χ2v) is 4.76. The van der Waals surface area contributed by atoms with Crippen molar-refractivity contribution in [3.05, 3.63) is 35.4 Å². The number of aliphatic hydroxyl groups is 1. The molecule has 4 nitrogen and oxygen atoms in total. The molecule has 20 heavy (non-hydrogen) atoms. The van der Waals surface area contributed by atoms with Crippen LogP contribution in [0.4, 0.5) is 0 Å². The molecule has 1 aliphatic heterocycles. The molecule has 1 saturated heterocycles. The van der Waals surface area contributed by atoms with Gasteiger partial charge in [0.15, 0.2) is 0 Å². The molecule has 0 saturated carbocycles. The van der Waals surface area contributed by atoms with E-state index in [1.807, 2.05) is 24.3 Å². The van der Waals surface area contributed by atoms with Crippen LogP contribution in [0.1, 0.15) is 24.0 Å². The number of rotatable bonds is 3. The summed E-state index contributed by atoms with van der Waals surface area (Å²) in [6.07, 6.45) is 1.60. The standard InChI is InChI=1S/C16H19NO3/c18-8-2-5-13-3-1-4-14(11-13)12-17-16(19)15-6-9-20-10-7-15/h1,3-4,11,15,18H,6-10,12H2,(H,17,19). The largest absolute Gasteiger partial charge is 0.384 e. The van der Waals surface area contributed by atoms with E-state index in [1.54, 1.807) is 0 Å². The zero-order chi connectivity index (χ0) is 14.2. The van der Waals surface area contributed by atoms with Gasteiger partial charge in [0, 0.05) is 31.2 Å². The van der Waals surface area contributed by atoms with Gasteiger partial charge in [0.05, 0.1) is 0 Å². The molecule has 0 spiro atoms. The Kier molecular flexibility index (Phi) is 5.60. The van der Waals surface area contributed by atoms with E-state index < -0.39 is 0 Å². The van der Waals surface area contributed by atoms with Crippen LogP contribution in [-0.2, 0) is 16.1 Å². The fraction of sp³-hybridized carbons (Fsp3) is 0.438. The van der Waals surface area contributed by atoms with Gasteiger partial charge in [-0.2, -0.15) is 0 Å². The first-order chi connectivity index (χ1) is 9.79. The summed E-state index contributed by atoms with van der Waals surface area (Å²) >= 11 is 0. The van der Waals surface area contributed by atoms with Gasteiger partial charge in [-0.15, -0.1) is 0 Å². The first-order valence-electron chi connectivity index (χ1n) is 6.83. The van der Waals surface area contributed by atoms with Crippen LogP contribution in [0.25, 0.3) is 0 Å². The van der Waals surface area contributed by atoms with Crippen molar-refractivity contribution in [2.24, 2.45) is 5.92 Å². The molecule has 1 fully saturated rings. The maximum atomic E-state index is 12.0. The highest BCUT2D eigenvalue weighted by atomic mass is 16.5. The smallest absolute Gasteiger partial charge is 0.223 e. The third-order valence-electron chi connectivity index (χ3n) is 3.30. The Morgan fingerprint density at radius 3 is 2.95 bits per heavy atom. The monoisotopic (exact) mass is 273 g/mol. The normalized spacial score (nSPS) is 15.2. The highest BCUT2D eigenvalue weighted by Gasteiger charge is 2.20. The number of hydrogen-bond acceptors (Lipinski definition) is 3. The second-order valence-electron chi connectivity index (χ2n) is 4.76. The summed E-state index contributed by atoms with van der Waals surface area (Å²) in [6.45, 7) is 1.70. The molecule has 2 N–H and O–H groups in total. The van der Waals surface area contributed by atoms with E-state index in [2.05, 4.69) is 17.2 Å². The van der Waals surface area contributed by atoms with Gasteiger partial charge in [-0.1, -0.05) is 24.0 Å². The minimum atomic E-state index is -0.148. The van der Waals surface area contributed by atoms with Crippen molar-refractivity contribution in [1.82, 2.24) is 5.32 Å². The van der Waals surface area contributed by atoms with Gasteiger partial charge in [0.1, 0.15) is 6.61 Å². The summed E-state index contributed by atoms with van der Waals surface area (Å²) < 4.78 is 5.25. The molecular formula is C16H19NO3. The summed E-state index contributed by atoms with van der Waals surface area (Å²) in [4.78, 5) is 12.0. The van der Waals surface area contributed by atoms with E-state index >= 15 is 0 Å². The Hall–Kier alpha value is -1.83. The average Bonchev–Trinajstić information content (AvgIpc) is 2.52. The number of aliphatic hydroxyl groups excluding tert-OH is 1. The fourth-order valence-corrected chi connectivity index (χ4v) is 2.19. The van der Waals surface area contributed by atoms with Gasteiger partial charge in [-0.05, 0) is 30.5 Å². The summed E-state index contributed by atoms with van der Waals surface area (Å²) in [7, 11) is 0. The molecular weight excluding hydrogens is 254 g/mol. The SMILES string of the molecule is O=C(NCc1cccc(C#CCO)c1)C1CCOCC1. The van der Waals surface area contributed by atoms with Gasteiger partial charge in [0.2, 0.25) is 5.91 Å². The highest BCUT2D eigenvalue weighted by molar-refractivity contribution is 5.78. The quantitative estimate of drug-likeness (QED) is 0.810. The number of benzene rings is 1. The van der Waals surface area contributed by atoms with Crippen LogP contribution in [-0.4, -0.2) is 30.8 Å². The van der Waals surface area contributed by atoms with Crippen molar-refractivity contribution in [2.75, 3.05) is 19.8 Å². The molecule has 1 amide bonds. The van der Waals surface area contributed by atoms with Gasteiger partial charge in [0.25, 0.3) is 0 Å². The van der Waals surface area contributed by atoms with Crippen LogP contribution in [0.5, 0.6) is 0 Å². The second kappa shape index (κ2) is 7.68. The molecule has 1 aliphatic rings. The van der Waals surface area contributed by atoms with Crippen LogP contribution >= 0.6 is 0 Å². The molecule has 0 aliphatic carbocycles. The predicted octanol–water partition coefficient (Wildman–Crippen LogP) is 1.07. The van der Waals surface area contributed by atoms with Crippen LogP contribution in [0.15, 0.2) is 24.3 Å².